The molecule has 4 saturated carbocycles. The molecule has 4 atom stereocenters. The molecule has 6 fully saturated rings. The van der Waals surface area contributed by atoms with Crippen LogP contribution in [0.15, 0.2) is 36.4 Å². The number of halogens is 6. The highest BCUT2D eigenvalue weighted by atomic mass is 19.4. The van der Waals surface area contributed by atoms with Gasteiger partial charge in [0.05, 0.1) is 11.1 Å². The van der Waals surface area contributed by atoms with E-state index in [1.54, 1.807) is 0 Å². The van der Waals surface area contributed by atoms with E-state index in [2.05, 4.69) is 20.4 Å². The first-order valence-corrected chi connectivity index (χ1v) is 20.4. The van der Waals surface area contributed by atoms with Gasteiger partial charge in [0.15, 0.2) is 0 Å². The lowest BCUT2D eigenvalue weighted by atomic mass is 9.88. The molecule has 8 rings (SSSR count). The Bertz CT molecular complexity index is 1510. The minimum Gasteiger partial charge on any atom is -0.348 e. The summed E-state index contributed by atoms with van der Waals surface area (Å²) >= 11 is 0. The maximum absolute atomic E-state index is 13.1. The topological polar surface area (TPSA) is 64.7 Å². The van der Waals surface area contributed by atoms with Gasteiger partial charge in [0.2, 0.25) is 0 Å². The van der Waals surface area contributed by atoms with Gasteiger partial charge in [-0.3, -0.25) is 19.4 Å². The van der Waals surface area contributed by atoms with E-state index in [0.29, 0.717) is 34.3 Å². The number of nitrogens with zero attached hydrogens (tertiary/aromatic N) is 2. The van der Waals surface area contributed by atoms with E-state index >= 15 is 0 Å². The van der Waals surface area contributed by atoms with Gasteiger partial charge in [-0.15, -0.1) is 0 Å². The monoisotopic (exact) mass is 760 g/mol. The summed E-state index contributed by atoms with van der Waals surface area (Å²) in [7, 11) is 0. The van der Waals surface area contributed by atoms with E-state index in [-0.39, 0.29) is 35.7 Å². The van der Waals surface area contributed by atoms with Crippen molar-refractivity contribution in [2.45, 2.75) is 151 Å². The largest absolute Gasteiger partial charge is 0.416 e. The smallest absolute Gasteiger partial charge is 0.348 e. The number of benzene rings is 2. The molecule has 54 heavy (non-hydrogen) atoms. The van der Waals surface area contributed by atoms with Crippen molar-refractivity contribution in [1.29, 1.82) is 0 Å². The summed E-state index contributed by atoms with van der Waals surface area (Å²) in [5.74, 6) is -0.231. The average Bonchev–Trinajstić information content (AvgIpc) is 4.07. The minimum absolute atomic E-state index is 0.0915. The summed E-state index contributed by atoms with van der Waals surface area (Å²) in [6, 6.07) is 8.13. The number of hydrogen-bond donors (Lipinski definition) is 2. The zero-order chi connectivity index (χ0) is 38.0. The van der Waals surface area contributed by atoms with Gasteiger partial charge in [0, 0.05) is 35.3 Å². The highest BCUT2D eigenvalue weighted by Crippen LogP contribution is 2.45. The van der Waals surface area contributed by atoms with Crippen molar-refractivity contribution in [2.24, 2.45) is 0 Å². The Hall–Kier alpha value is -3.12. The highest BCUT2D eigenvalue weighted by molar-refractivity contribution is 5.97. The van der Waals surface area contributed by atoms with Crippen LogP contribution in [0.5, 0.6) is 0 Å². The maximum atomic E-state index is 13.1. The normalized spacial score (nSPS) is 26.9. The number of carbonyl (C=O) groups is 2. The number of carbonyl (C=O) groups excluding carboxylic acids is 2. The number of amides is 2. The molecule has 0 bridgehead atoms. The Morgan fingerprint density at radius 3 is 1.19 bits per heavy atom. The van der Waals surface area contributed by atoms with Crippen molar-refractivity contribution >= 4 is 11.8 Å². The lowest BCUT2D eigenvalue weighted by Gasteiger charge is -2.38. The van der Waals surface area contributed by atoms with Gasteiger partial charge in [0.1, 0.15) is 0 Å². The van der Waals surface area contributed by atoms with Crippen LogP contribution in [0.2, 0.25) is 0 Å². The molecule has 2 aromatic rings. The van der Waals surface area contributed by atoms with Gasteiger partial charge >= 0.3 is 12.4 Å². The molecule has 6 nitrogen and oxygen atoms in total. The summed E-state index contributed by atoms with van der Waals surface area (Å²) in [4.78, 5) is 30.9. The first-order chi connectivity index (χ1) is 25.9. The Balaban J connectivity index is 0.000000167. The third kappa shape index (κ3) is 9.45. The molecule has 296 valence electrons. The Morgan fingerprint density at radius 1 is 0.500 bits per heavy atom. The molecule has 2 aromatic carbocycles. The van der Waals surface area contributed by atoms with Gasteiger partial charge in [-0.1, -0.05) is 25.7 Å². The predicted octanol–water partition coefficient (Wildman–Crippen LogP) is 9.44. The van der Waals surface area contributed by atoms with Crippen LogP contribution in [0.4, 0.5) is 26.3 Å². The van der Waals surface area contributed by atoms with Crippen molar-refractivity contribution in [1.82, 2.24) is 20.4 Å². The third-order valence-corrected chi connectivity index (χ3v) is 12.6. The molecular formula is C42H54F6N4O2. The van der Waals surface area contributed by atoms with E-state index in [1.165, 1.54) is 62.8 Å². The molecule has 0 spiro atoms. The minimum atomic E-state index is -4.37. The molecule has 12 heteroatoms. The molecule has 2 heterocycles. The summed E-state index contributed by atoms with van der Waals surface area (Å²) in [6.45, 7) is 4.35. The van der Waals surface area contributed by atoms with Crippen molar-refractivity contribution in [3.8, 4) is 0 Å². The second-order valence-electron chi connectivity index (χ2n) is 16.5. The lowest BCUT2D eigenvalue weighted by Crippen LogP contribution is -2.52. The zero-order valence-electron chi connectivity index (χ0n) is 31.0. The van der Waals surface area contributed by atoms with Crippen molar-refractivity contribution in [3.05, 3.63) is 69.8 Å². The summed E-state index contributed by atoms with van der Waals surface area (Å²) in [5, 5.41) is 6.36. The summed E-state index contributed by atoms with van der Waals surface area (Å²) in [6.07, 6.45) is 8.18. The standard InChI is InChI=1S/2C21H27F3N2O/c2*22-21(23,24)15-9-10-16(17(13-15)14-7-8-14)20(27)25-18-5-1-2-6-19(18)26-11-3-4-12-26/h2*9-10,13-14,18-19H,1-8,11-12H2,(H,25,27)/t2*18-,19+/m11/s1. The zero-order valence-corrected chi connectivity index (χ0v) is 31.0. The van der Waals surface area contributed by atoms with Crippen LogP contribution in [0.3, 0.4) is 0 Å². The van der Waals surface area contributed by atoms with Crippen LogP contribution >= 0.6 is 0 Å². The van der Waals surface area contributed by atoms with Crippen LogP contribution < -0.4 is 10.6 Å². The van der Waals surface area contributed by atoms with Gasteiger partial charge in [0.25, 0.3) is 11.8 Å². The fourth-order valence-electron chi connectivity index (χ4n) is 9.43. The third-order valence-electron chi connectivity index (χ3n) is 12.6. The number of rotatable bonds is 8. The second kappa shape index (κ2) is 16.5. The molecule has 2 aliphatic heterocycles. The Labute approximate surface area is 314 Å². The van der Waals surface area contributed by atoms with Crippen molar-refractivity contribution < 1.29 is 35.9 Å². The molecule has 2 amide bonds. The number of alkyl halides is 6. The first-order valence-electron chi connectivity index (χ1n) is 20.4. The van der Waals surface area contributed by atoms with Crippen molar-refractivity contribution in [3.63, 3.8) is 0 Å². The molecule has 2 saturated heterocycles. The molecule has 0 radical (unpaired) electrons. The predicted molar refractivity (Wildman–Crippen MR) is 195 cm³/mol. The molecule has 2 N–H and O–H groups in total. The Kier molecular flexibility index (Phi) is 12.0. The highest BCUT2D eigenvalue weighted by Gasteiger charge is 2.39. The maximum Gasteiger partial charge on any atom is 0.416 e. The van der Waals surface area contributed by atoms with E-state index in [9.17, 15) is 35.9 Å². The lowest BCUT2D eigenvalue weighted by molar-refractivity contribution is -0.138. The van der Waals surface area contributed by atoms with Crippen LogP contribution in [0.1, 0.15) is 158 Å². The number of likely N-dealkylation sites (tertiary alicyclic amines) is 2. The van der Waals surface area contributed by atoms with Crippen LogP contribution in [0.25, 0.3) is 0 Å². The van der Waals surface area contributed by atoms with Crippen LogP contribution in [-0.4, -0.2) is 72.0 Å². The van der Waals surface area contributed by atoms with Gasteiger partial charge < -0.3 is 10.6 Å². The number of nitrogens with one attached hydrogen (secondary N) is 2. The second-order valence-corrected chi connectivity index (χ2v) is 16.5. The molecule has 6 aliphatic rings. The average molecular weight is 761 g/mol. The van der Waals surface area contributed by atoms with Crippen LogP contribution in [0, 0.1) is 0 Å². The van der Waals surface area contributed by atoms with E-state index in [4.69, 9.17) is 0 Å². The first kappa shape index (κ1) is 39.1. The fraction of sp³-hybridized carbons (Fsp3) is 0.667. The van der Waals surface area contributed by atoms with E-state index < -0.39 is 23.5 Å². The van der Waals surface area contributed by atoms with Crippen LogP contribution in [-0.2, 0) is 12.4 Å². The fourth-order valence-corrected chi connectivity index (χ4v) is 9.43. The number of hydrogen-bond acceptors (Lipinski definition) is 4. The molecule has 4 aliphatic carbocycles. The van der Waals surface area contributed by atoms with Gasteiger partial charge in [-0.2, -0.15) is 26.3 Å². The Morgan fingerprint density at radius 2 is 0.852 bits per heavy atom. The summed E-state index contributed by atoms with van der Waals surface area (Å²) < 4.78 is 78.5. The van der Waals surface area contributed by atoms with Crippen molar-refractivity contribution in [2.75, 3.05) is 26.2 Å². The van der Waals surface area contributed by atoms with E-state index in [0.717, 1.165) is 103 Å². The quantitative estimate of drug-likeness (QED) is 0.264. The molecule has 0 aromatic heterocycles. The van der Waals surface area contributed by atoms with Gasteiger partial charge in [-0.05, 0) is 163 Å². The molecular weight excluding hydrogens is 706 g/mol. The van der Waals surface area contributed by atoms with Gasteiger partial charge in [-0.25, -0.2) is 0 Å². The molecule has 0 unspecified atom stereocenters. The van der Waals surface area contributed by atoms with E-state index in [1.807, 2.05) is 0 Å². The SMILES string of the molecule is O=C(N[C@@H]1CCCC[C@@H]1N1CCCC1)c1ccc(C(F)(F)F)cc1C1CC1.O=C(N[C@@H]1CCCC[C@@H]1N1CCCC1)c1ccc(C(F)(F)F)cc1C1CC1. The summed E-state index contributed by atoms with van der Waals surface area (Å²) in [5.41, 5.74) is 0.668.